The maximum Gasteiger partial charge on any atom is 0.293 e. The second-order valence-corrected chi connectivity index (χ2v) is 5.98. The van der Waals surface area contributed by atoms with Crippen LogP contribution in [0.2, 0.25) is 0 Å². The van der Waals surface area contributed by atoms with Crippen molar-refractivity contribution in [1.82, 2.24) is 10.3 Å². The van der Waals surface area contributed by atoms with E-state index < -0.39 is 11.7 Å². The van der Waals surface area contributed by atoms with Crippen LogP contribution in [0.4, 0.5) is 10.1 Å². The second-order valence-electron chi connectivity index (χ2n) is 5.57. The van der Waals surface area contributed by atoms with Gasteiger partial charge in [-0.15, -0.1) is 0 Å². The first-order valence-corrected chi connectivity index (χ1v) is 8.32. The predicted molar refractivity (Wildman–Crippen MR) is 102 cm³/mol. The summed E-state index contributed by atoms with van der Waals surface area (Å²) in [6, 6.07) is 14.5. The quantitative estimate of drug-likeness (QED) is 0.514. The molecule has 134 valence electrons. The minimum absolute atomic E-state index is 0.105. The molecule has 2 N–H and O–H groups in total. The molecule has 0 aliphatic heterocycles. The Labute approximate surface area is 158 Å². The first-order valence-electron chi connectivity index (χ1n) is 7.91. The number of carbonyl (C=O) groups is 1. The van der Waals surface area contributed by atoms with Crippen LogP contribution in [0, 0.1) is 5.82 Å². The van der Waals surface area contributed by atoms with Crippen LogP contribution in [0.1, 0.15) is 10.6 Å². The molecule has 0 aliphatic carbocycles. The van der Waals surface area contributed by atoms with E-state index in [1.165, 1.54) is 18.4 Å². The summed E-state index contributed by atoms with van der Waals surface area (Å²) in [6.07, 6.45) is 1.40. The van der Waals surface area contributed by atoms with Gasteiger partial charge in [0, 0.05) is 5.69 Å². The van der Waals surface area contributed by atoms with Crippen molar-refractivity contribution in [3.63, 3.8) is 0 Å². The van der Waals surface area contributed by atoms with Crippen LogP contribution in [0.5, 0.6) is 0 Å². The van der Waals surface area contributed by atoms with Crippen LogP contribution in [0.15, 0.2) is 69.7 Å². The molecule has 2 heterocycles. The van der Waals surface area contributed by atoms with Gasteiger partial charge in [-0.3, -0.25) is 10.1 Å². The summed E-state index contributed by atoms with van der Waals surface area (Å²) < 4.78 is 24.5. The topological polar surface area (TPSA) is 80.3 Å². The molecule has 0 saturated heterocycles. The molecule has 4 aromatic rings. The number of amides is 1. The van der Waals surface area contributed by atoms with Gasteiger partial charge in [-0.2, -0.15) is 0 Å². The van der Waals surface area contributed by atoms with E-state index >= 15 is 0 Å². The monoisotopic (exact) mass is 381 g/mol. The number of carbonyl (C=O) groups excluding carboxylic acids is 1. The third kappa shape index (κ3) is 3.56. The zero-order valence-electron chi connectivity index (χ0n) is 13.7. The Kier molecular flexibility index (Phi) is 4.39. The number of rotatable bonds is 3. The summed E-state index contributed by atoms with van der Waals surface area (Å²) in [7, 11) is 0. The van der Waals surface area contributed by atoms with E-state index in [1.54, 1.807) is 42.5 Å². The molecule has 0 saturated carbocycles. The molecule has 0 fully saturated rings. The number of aromatic nitrogens is 1. The summed E-state index contributed by atoms with van der Waals surface area (Å²) in [4.78, 5) is 16.2. The lowest BCUT2D eigenvalue weighted by atomic mass is 10.2. The van der Waals surface area contributed by atoms with Gasteiger partial charge in [-0.1, -0.05) is 12.1 Å². The van der Waals surface area contributed by atoms with Crippen LogP contribution < -0.4 is 10.6 Å². The van der Waals surface area contributed by atoms with E-state index in [0.717, 1.165) is 0 Å². The molecule has 0 radical (unpaired) electrons. The van der Waals surface area contributed by atoms with E-state index in [0.29, 0.717) is 16.8 Å². The Hall–Kier alpha value is -3.52. The number of oxazole rings is 1. The zero-order valence-corrected chi connectivity index (χ0v) is 14.5. The number of benzene rings is 2. The van der Waals surface area contributed by atoms with E-state index in [2.05, 4.69) is 15.6 Å². The number of nitrogens with one attached hydrogen (secondary N) is 2. The average molecular weight is 381 g/mol. The third-order valence-electron chi connectivity index (χ3n) is 3.72. The Morgan fingerprint density at radius 1 is 1.11 bits per heavy atom. The molecule has 0 unspecified atom stereocenters. The number of nitrogens with zero attached hydrogens (tertiary/aromatic N) is 1. The first-order chi connectivity index (χ1) is 13.1. The van der Waals surface area contributed by atoms with E-state index in [-0.39, 0.29) is 22.3 Å². The largest absolute Gasteiger partial charge is 0.459 e. The lowest BCUT2D eigenvalue weighted by Crippen LogP contribution is -2.33. The molecular weight excluding hydrogens is 369 g/mol. The fourth-order valence-corrected chi connectivity index (χ4v) is 2.70. The van der Waals surface area contributed by atoms with E-state index in [1.807, 2.05) is 0 Å². The summed E-state index contributed by atoms with van der Waals surface area (Å²) in [5.74, 6) is -0.527. The number of furan rings is 1. The van der Waals surface area contributed by atoms with Gasteiger partial charge in [0.2, 0.25) is 5.89 Å². The molecule has 27 heavy (non-hydrogen) atoms. The van der Waals surface area contributed by atoms with Crippen LogP contribution in [-0.2, 0) is 0 Å². The Balaban J connectivity index is 1.52. The second kappa shape index (κ2) is 7.00. The smallest absolute Gasteiger partial charge is 0.293 e. The minimum Gasteiger partial charge on any atom is -0.459 e. The fraction of sp³-hybridized carbons (Fsp3) is 0. The average Bonchev–Trinajstić information content (AvgIpc) is 3.31. The van der Waals surface area contributed by atoms with Gasteiger partial charge in [-0.05, 0) is 54.7 Å². The highest BCUT2D eigenvalue weighted by Crippen LogP contribution is 2.27. The van der Waals surface area contributed by atoms with Gasteiger partial charge < -0.3 is 14.2 Å². The first kappa shape index (κ1) is 16.9. The summed E-state index contributed by atoms with van der Waals surface area (Å²) >= 11 is 5.13. The van der Waals surface area contributed by atoms with E-state index in [9.17, 15) is 9.18 Å². The molecular formula is C19H12FN3O3S. The predicted octanol–water partition coefficient (Wildman–Crippen LogP) is 4.35. The fourth-order valence-electron chi connectivity index (χ4n) is 2.49. The molecule has 6 nitrogen and oxygen atoms in total. The van der Waals surface area contributed by atoms with Crippen LogP contribution >= 0.6 is 12.2 Å². The van der Waals surface area contributed by atoms with Crippen molar-refractivity contribution >= 4 is 40.0 Å². The van der Waals surface area contributed by atoms with Gasteiger partial charge >= 0.3 is 0 Å². The molecule has 0 spiro atoms. The number of thiocarbonyl (C=S) groups is 1. The van der Waals surface area contributed by atoms with Gasteiger partial charge in [0.1, 0.15) is 11.3 Å². The lowest BCUT2D eigenvalue weighted by molar-refractivity contribution is 0.0950. The van der Waals surface area contributed by atoms with Crippen molar-refractivity contribution in [2.45, 2.75) is 0 Å². The molecule has 0 bridgehead atoms. The molecule has 1 amide bonds. The third-order valence-corrected chi connectivity index (χ3v) is 3.93. The molecule has 0 aliphatic rings. The van der Waals surface area contributed by atoms with Crippen molar-refractivity contribution in [3.8, 4) is 11.5 Å². The van der Waals surface area contributed by atoms with Gasteiger partial charge in [0.05, 0.1) is 11.8 Å². The van der Waals surface area contributed by atoms with Crippen LogP contribution in [-0.4, -0.2) is 16.0 Å². The molecule has 8 heteroatoms. The zero-order chi connectivity index (χ0) is 18.8. The highest BCUT2D eigenvalue weighted by Gasteiger charge is 2.14. The number of hydrogen-bond donors (Lipinski definition) is 2. The number of fused-ring (bicyclic) bond motifs is 1. The van der Waals surface area contributed by atoms with Crippen molar-refractivity contribution in [1.29, 1.82) is 0 Å². The van der Waals surface area contributed by atoms with Gasteiger partial charge in [0.15, 0.2) is 16.5 Å². The summed E-state index contributed by atoms with van der Waals surface area (Å²) in [5, 5.41) is 5.51. The number of anilines is 1. The van der Waals surface area contributed by atoms with Crippen LogP contribution in [0.3, 0.4) is 0 Å². The van der Waals surface area contributed by atoms with Gasteiger partial charge in [0.25, 0.3) is 5.91 Å². The molecule has 4 rings (SSSR count). The molecule has 2 aromatic carbocycles. The SMILES string of the molecule is O=C(NC(=S)Nc1ccc2oc(-c3ccccc3F)nc2c1)c1ccco1. The minimum atomic E-state index is -0.457. The summed E-state index contributed by atoms with van der Waals surface area (Å²) in [6.45, 7) is 0. The highest BCUT2D eigenvalue weighted by atomic mass is 32.1. The maximum absolute atomic E-state index is 13.9. The Morgan fingerprint density at radius 3 is 2.74 bits per heavy atom. The van der Waals surface area contributed by atoms with Gasteiger partial charge in [-0.25, -0.2) is 9.37 Å². The Morgan fingerprint density at radius 2 is 1.96 bits per heavy atom. The number of hydrogen-bond acceptors (Lipinski definition) is 5. The lowest BCUT2D eigenvalue weighted by Gasteiger charge is -2.08. The highest BCUT2D eigenvalue weighted by molar-refractivity contribution is 7.80. The standard InChI is InChI=1S/C19H12FN3O3S/c20-13-5-2-1-4-12(13)18-22-14-10-11(7-8-15(14)26-18)21-19(27)23-17(24)16-6-3-9-25-16/h1-10H,(H2,21,23,24,27). The van der Waals surface area contributed by atoms with Crippen molar-refractivity contribution in [3.05, 3.63) is 72.4 Å². The maximum atomic E-state index is 13.9. The van der Waals surface area contributed by atoms with Crippen molar-refractivity contribution < 1.29 is 18.0 Å². The molecule has 0 atom stereocenters. The summed E-state index contributed by atoms with van der Waals surface area (Å²) in [5.41, 5.74) is 1.91. The van der Waals surface area contributed by atoms with Crippen LogP contribution in [0.25, 0.3) is 22.6 Å². The number of halogens is 1. The Bertz CT molecular complexity index is 1140. The molecule has 2 aromatic heterocycles. The van der Waals surface area contributed by atoms with E-state index in [4.69, 9.17) is 21.1 Å². The normalized spacial score (nSPS) is 10.7. The van der Waals surface area contributed by atoms with Crippen molar-refractivity contribution in [2.75, 3.05) is 5.32 Å². The van der Waals surface area contributed by atoms with Crippen molar-refractivity contribution in [2.24, 2.45) is 0 Å².